The normalized spacial score (nSPS) is 14.3. The van der Waals surface area contributed by atoms with Crippen LogP contribution in [0.5, 0.6) is 0 Å². The zero-order valence-electron chi connectivity index (χ0n) is 19.2. The minimum absolute atomic E-state index is 0.0246. The lowest BCUT2D eigenvalue weighted by Gasteiger charge is -2.16. The van der Waals surface area contributed by atoms with Gasteiger partial charge in [-0.05, 0) is 56.0 Å². The number of carboxylic acids is 1. The lowest BCUT2D eigenvalue weighted by molar-refractivity contribution is -0.192. The van der Waals surface area contributed by atoms with Crippen molar-refractivity contribution in [2.45, 2.75) is 42.7 Å². The van der Waals surface area contributed by atoms with E-state index >= 15 is 0 Å². The number of sulfonamides is 1. The van der Waals surface area contributed by atoms with E-state index < -0.39 is 27.6 Å². The van der Waals surface area contributed by atoms with E-state index in [9.17, 15) is 26.4 Å². The summed E-state index contributed by atoms with van der Waals surface area (Å²) in [6, 6.07) is 13.8. The fraction of sp³-hybridized carbons (Fsp3) is 0.391. The highest BCUT2D eigenvalue weighted by Crippen LogP contribution is 2.48. The quantitative estimate of drug-likeness (QED) is 0.438. The van der Waals surface area contributed by atoms with Crippen LogP contribution in [0.25, 0.3) is 0 Å². The first-order chi connectivity index (χ1) is 16.3. The number of anilines is 1. The van der Waals surface area contributed by atoms with Gasteiger partial charge in [0.15, 0.2) is 0 Å². The number of nitrogens with one attached hydrogen (secondary N) is 2. The number of rotatable bonds is 9. The smallest absolute Gasteiger partial charge is 0.475 e. The molecule has 3 N–H and O–H groups in total. The summed E-state index contributed by atoms with van der Waals surface area (Å²) in [7, 11) is -2.00. The molecule has 192 valence electrons. The fourth-order valence-corrected chi connectivity index (χ4v) is 4.21. The van der Waals surface area contributed by atoms with E-state index in [1.165, 1.54) is 0 Å². The zero-order chi connectivity index (χ0) is 26.3. The van der Waals surface area contributed by atoms with Gasteiger partial charge in [-0.3, -0.25) is 9.52 Å². The van der Waals surface area contributed by atoms with Crippen LogP contribution in [-0.2, 0) is 29.8 Å². The van der Waals surface area contributed by atoms with E-state index in [2.05, 4.69) is 10.0 Å². The van der Waals surface area contributed by atoms with Crippen molar-refractivity contribution in [1.82, 2.24) is 5.32 Å². The molecule has 0 unspecified atom stereocenters. The molecule has 2 aromatic rings. The number of carbonyl (C=O) groups is 2. The van der Waals surface area contributed by atoms with Crippen molar-refractivity contribution in [2.75, 3.05) is 25.0 Å². The Morgan fingerprint density at radius 2 is 1.60 bits per heavy atom. The molecule has 2 aromatic carbocycles. The van der Waals surface area contributed by atoms with Crippen molar-refractivity contribution < 1.29 is 41.0 Å². The van der Waals surface area contributed by atoms with E-state index in [0.29, 0.717) is 18.8 Å². The number of amides is 1. The molecule has 3 rings (SSSR count). The molecular formula is C23H27F3N2O6S. The van der Waals surface area contributed by atoms with Gasteiger partial charge >= 0.3 is 12.1 Å². The van der Waals surface area contributed by atoms with Crippen LogP contribution in [0.1, 0.15) is 30.4 Å². The molecule has 1 fully saturated rings. The minimum atomic E-state index is -5.08. The van der Waals surface area contributed by atoms with Gasteiger partial charge in [0.2, 0.25) is 5.91 Å². The Labute approximate surface area is 201 Å². The van der Waals surface area contributed by atoms with Crippen LogP contribution >= 0.6 is 0 Å². The van der Waals surface area contributed by atoms with Crippen LogP contribution in [0.15, 0.2) is 53.4 Å². The summed E-state index contributed by atoms with van der Waals surface area (Å²) in [6.45, 7) is 3.11. The van der Waals surface area contributed by atoms with E-state index in [0.717, 1.165) is 30.4 Å². The number of carbonyl (C=O) groups excluding carboxylic acids is 1. The highest BCUT2D eigenvalue weighted by atomic mass is 32.2. The van der Waals surface area contributed by atoms with Crippen LogP contribution < -0.4 is 10.0 Å². The van der Waals surface area contributed by atoms with E-state index in [1.54, 1.807) is 43.5 Å². The van der Waals surface area contributed by atoms with Gasteiger partial charge < -0.3 is 15.2 Å². The Morgan fingerprint density at radius 1 is 1.06 bits per heavy atom. The second-order valence-electron chi connectivity index (χ2n) is 7.98. The third kappa shape index (κ3) is 7.96. The Morgan fingerprint density at radius 3 is 2.06 bits per heavy atom. The summed E-state index contributed by atoms with van der Waals surface area (Å²) in [5.74, 6) is -2.73. The number of methoxy groups -OCH3 is 1. The summed E-state index contributed by atoms with van der Waals surface area (Å²) in [4.78, 5) is 21.7. The van der Waals surface area contributed by atoms with Gasteiger partial charge in [-0.25, -0.2) is 13.2 Å². The molecule has 0 radical (unpaired) electrons. The number of aryl methyl sites for hydroxylation is 1. The number of hydrogen-bond donors (Lipinski definition) is 3. The summed E-state index contributed by atoms with van der Waals surface area (Å²) in [6.07, 6.45) is -2.70. The zero-order valence-corrected chi connectivity index (χ0v) is 20.0. The molecule has 1 aliphatic rings. The third-order valence-electron chi connectivity index (χ3n) is 5.26. The molecule has 0 spiro atoms. The van der Waals surface area contributed by atoms with Crippen LogP contribution in [0, 0.1) is 6.92 Å². The molecular weight excluding hydrogens is 489 g/mol. The predicted octanol–water partition coefficient (Wildman–Crippen LogP) is 3.61. The van der Waals surface area contributed by atoms with Crippen molar-refractivity contribution >= 4 is 27.6 Å². The van der Waals surface area contributed by atoms with Gasteiger partial charge in [-0.15, -0.1) is 0 Å². The van der Waals surface area contributed by atoms with Gasteiger partial charge in [-0.1, -0.05) is 29.8 Å². The van der Waals surface area contributed by atoms with Crippen LogP contribution in [0.2, 0.25) is 0 Å². The highest BCUT2D eigenvalue weighted by molar-refractivity contribution is 7.92. The average molecular weight is 517 g/mol. The summed E-state index contributed by atoms with van der Waals surface area (Å²) < 4.78 is 64.3. The summed E-state index contributed by atoms with van der Waals surface area (Å²) >= 11 is 0. The Kier molecular flexibility index (Phi) is 9.27. The van der Waals surface area contributed by atoms with Gasteiger partial charge in [0.25, 0.3) is 10.0 Å². The molecule has 0 aromatic heterocycles. The molecule has 0 heterocycles. The monoisotopic (exact) mass is 516 g/mol. The number of aliphatic carboxylic acids is 1. The van der Waals surface area contributed by atoms with Gasteiger partial charge in [0.1, 0.15) is 0 Å². The Hall–Kier alpha value is -3.12. The average Bonchev–Trinajstić information content (AvgIpc) is 3.59. The van der Waals surface area contributed by atoms with Crippen molar-refractivity contribution in [2.24, 2.45) is 0 Å². The number of ether oxygens (including phenoxy) is 1. The molecule has 8 nitrogen and oxygen atoms in total. The van der Waals surface area contributed by atoms with E-state index in [4.69, 9.17) is 14.6 Å². The first-order valence-electron chi connectivity index (χ1n) is 10.6. The van der Waals surface area contributed by atoms with Crippen LogP contribution in [0.3, 0.4) is 0 Å². The van der Waals surface area contributed by atoms with Gasteiger partial charge in [0.05, 0.1) is 10.3 Å². The SMILES string of the molecule is COCCCNC(=O)C1(c2ccc(NS(=O)(=O)c3ccc(C)cc3)cc2)CC1.O=C(O)C(F)(F)F. The highest BCUT2D eigenvalue weighted by Gasteiger charge is 2.51. The largest absolute Gasteiger partial charge is 0.490 e. The topological polar surface area (TPSA) is 122 Å². The lowest BCUT2D eigenvalue weighted by Crippen LogP contribution is -2.35. The molecule has 0 bridgehead atoms. The molecule has 1 aliphatic carbocycles. The first-order valence-corrected chi connectivity index (χ1v) is 12.1. The maximum absolute atomic E-state index is 12.6. The van der Waals surface area contributed by atoms with Gasteiger partial charge in [-0.2, -0.15) is 13.2 Å². The second kappa shape index (κ2) is 11.5. The molecule has 0 atom stereocenters. The molecule has 1 saturated carbocycles. The van der Waals surface area contributed by atoms with Crippen LogP contribution in [-0.4, -0.2) is 51.8 Å². The lowest BCUT2D eigenvalue weighted by atomic mass is 9.95. The predicted molar refractivity (Wildman–Crippen MR) is 123 cm³/mol. The Balaban J connectivity index is 0.000000540. The van der Waals surface area contributed by atoms with Crippen molar-refractivity contribution in [1.29, 1.82) is 0 Å². The Bertz CT molecular complexity index is 1110. The van der Waals surface area contributed by atoms with Crippen LogP contribution in [0.4, 0.5) is 18.9 Å². The molecule has 0 saturated heterocycles. The third-order valence-corrected chi connectivity index (χ3v) is 6.66. The fourth-order valence-electron chi connectivity index (χ4n) is 3.15. The van der Waals surface area contributed by atoms with Gasteiger partial charge in [0, 0.05) is 25.9 Å². The standard InChI is InChI=1S/C21H26N2O4S.C2HF3O2/c1-16-4-10-19(11-5-16)28(25,26)23-18-8-6-17(7-9-18)21(12-13-21)20(24)22-14-3-15-27-2;3-2(4,5)1(6)7/h4-11,23H,3,12-15H2,1-2H3,(H,22,24);(H,6,7). The van der Waals surface area contributed by atoms with E-state index in [1.807, 2.05) is 19.1 Å². The number of hydrogen-bond acceptors (Lipinski definition) is 5. The molecule has 12 heteroatoms. The molecule has 0 aliphatic heterocycles. The number of halogens is 3. The minimum Gasteiger partial charge on any atom is -0.475 e. The first kappa shape index (κ1) is 28.1. The number of carboxylic acid groups (broad SMARTS) is 1. The number of alkyl halides is 3. The maximum Gasteiger partial charge on any atom is 0.490 e. The van der Waals surface area contributed by atoms with Crippen molar-refractivity contribution in [3.63, 3.8) is 0 Å². The van der Waals surface area contributed by atoms with Crippen molar-refractivity contribution in [3.8, 4) is 0 Å². The molecule has 35 heavy (non-hydrogen) atoms. The van der Waals surface area contributed by atoms with Crippen molar-refractivity contribution in [3.05, 3.63) is 59.7 Å². The summed E-state index contributed by atoms with van der Waals surface area (Å²) in [5, 5.41) is 10.1. The maximum atomic E-state index is 12.6. The second-order valence-corrected chi connectivity index (χ2v) is 9.67. The van der Waals surface area contributed by atoms with E-state index in [-0.39, 0.29) is 10.8 Å². The number of benzene rings is 2. The summed E-state index contributed by atoms with van der Waals surface area (Å²) in [5.41, 5.74) is 1.90. The molecule has 1 amide bonds.